The summed E-state index contributed by atoms with van der Waals surface area (Å²) in [5, 5.41) is 13.0. The van der Waals surface area contributed by atoms with Crippen LogP contribution in [0.4, 0.5) is 0 Å². The van der Waals surface area contributed by atoms with E-state index in [9.17, 15) is 0 Å². The molecular formula is C14H29N3O. The number of hydrogen-bond donors (Lipinski definition) is 3. The second kappa shape index (κ2) is 6.33. The van der Waals surface area contributed by atoms with E-state index >= 15 is 0 Å². The molecule has 2 fully saturated rings. The van der Waals surface area contributed by atoms with Crippen molar-refractivity contribution in [3.05, 3.63) is 0 Å². The van der Waals surface area contributed by atoms with Crippen molar-refractivity contribution in [2.24, 2.45) is 5.73 Å². The lowest BCUT2D eigenvalue weighted by molar-refractivity contribution is 0.126. The molecule has 2 saturated heterocycles. The minimum Gasteiger partial charge on any atom is -0.396 e. The van der Waals surface area contributed by atoms with Crippen molar-refractivity contribution in [2.45, 2.75) is 63.1 Å². The van der Waals surface area contributed by atoms with Gasteiger partial charge in [0, 0.05) is 37.3 Å². The Bertz CT molecular complexity index is 261. The summed E-state index contributed by atoms with van der Waals surface area (Å²) in [6.07, 6.45) is 7.02. The first-order chi connectivity index (χ1) is 8.75. The smallest absolute Gasteiger partial charge is 0.0475 e. The molecule has 18 heavy (non-hydrogen) atoms. The molecule has 106 valence electrons. The summed E-state index contributed by atoms with van der Waals surface area (Å²) < 4.78 is 0. The van der Waals surface area contributed by atoms with E-state index < -0.39 is 0 Å². The molecular weight excluding hydrogens is 226 g/mol. The predicted octanol–water partition coefficient (Wildman–Crippen LogP) is 0.693. The molecule has 0 aromatic rings. The summed E-state index contributed by atoms with van der Waals surface area (Å²) in [6, 6.07) is 1.02. The number of aliphatic hydroxyl groups is 1. The van der Waals surface area contributed by atoms with Crippen LogP contribution in [-0.4, -0.2) is 53.9 Å². The average Bonchev–Trinajstić information content (AvgIpc) is 2.78. The molecule has 0 radical (unpaired) electrons. The van der Waals surface area contributed by atoms with Gasteiger partial charge in [0.1, 0.15) is 0 Å². The highest BCUT2D eigenvalue weighted by Gasteiger charge is 2.47. The van der Waals surface area contributed by atoms with Gasteiger partial charge < -0.3 is 16.2 Å². The summed E-state index contributed by atoms with van der Waals surface area (Å²) in [4.78, 5) is 2.62. The van der Waals surface area contributed by atoms with Gasteiger partial charge in [-0.15, -0.1) is 0 Å². The van der Waals surface area contributed by atoms with Gasteiger partial charge in [-0.3, -0.25) is 4.90 Å². The zero-order valence-corrected chi connectivity index (χ0v) is 11.7. The summed E-state index contributed by atoms with van der Waals surface area (Å²) in [7, 11) is 0. The first-order valence-corrected chi connectivity index (χ1v) is 7.58. The highest BCUT2D eigenvalue weighted by atomic mass is 16.3. The molecule has 2 heterocycles. The van der Waals surface area contributed by atoms with Crippen LogP contribution in [0.3, 0.4) is 0 Å². The molecule has 2 aliphatic rings. The van der Waals surface area contributed by atoms with Crippen LogP contribution in [0, 0.1) is 0 Å². The lowest BCUT2D eigenvalue weighted by Gasteiger charge is -2.43. The monoisotopic (exact) mass is 255 g/mol. The second-order valence-electron chi connectivity index (χ2n) is 5.92. The molecule has 3 atom stereocenters. The number of nitrogens with one attached hydrogen (secondary N) is 1. The Kier molecular flexibility index (Phi) is 5.01. The molecule has 3 unspecified atom stereocenters. The number of hydrogen-bond acceptors (Lipinski definition) is 4. The van der Waals surface area contributed by atoms with Gasteiger partial charge in [0.15, 0.2) is 0 Å². The summed E-state index contributed by atoms with van der Waals surface area (Å²) >= 11 is 0. The van der Waals surface area contributed by atoms with Crippen molar-refractivity contribution in [3.8, 4) is 0 Å². The Balaban J connectivity index is 2.05. The molecule has 0 spiro atoms. The Labute approximate surface area is 111 Å². The number of aliphatic hydroxyl groups excluding tert-OH is 1. The maximum Gasteiger partial charge on any atom is 0.0475 e. The standard InChI is InChI=1S/C14H29N3O/c1-2-12(6-10-18)16-14(11-15)7-9-17-8-4-3-5-13(14)17/h12-13,16,18H,2-11,15H2,1H3. The van der Waals surface area contributed by atoms with Crippen LogP contribution in [-0.2, 0) is 0 Å². The van der Waals surface area contributed by atoms with Crippen LogP contribution in [0.2, 0.25) is 0 Å². The first-order valence-electron chi connectivity index (χ1n) is 7.58. The normalized spacial score (nSPS) is 34.5. The van der Waals surface area contributed by atoms with E-state index in [0.717, 1.165) is 25.8 Å². The first kappa shape index (κ1) is 14.3. The van der Waals surface area contributed by atoms with Crippen LogP contribution < -0.4 is 11.1 Å². The Morgan fingerprint density at radius 2 is 2.28 bits per heavy atom. The fourth-order valence-corrected chi connectivity index (χ4v) is 3.80. The maximum atomic E-state index is 9.15. The third-order valence-electron chi connectivity index (χ3n) is 4.92. The number of nitrogens with two attached hydrogens (primary N) is 1. The van der Waals surface area contributed by atoms with Gasteiger partial charge in [-0.1, -0.05) is 13.3 Å². The van der Waals surface area contributed by atoms with Gasteiger partial charge in [0.25, 0.3) is 0 Å². The maximum absolute atomic E-state index is 9.15. The van der Waals surface area contributed by atoms with Crippen molar-refractivity contribution < 1.29 is 5.11 Å². The lowest BCUT2D eigenvalue weighted by Crippen LogP contribution is -2.62. The molecule has 0 aromatic heterocycles. The largest absolute Gasteiger partial charge is 0.396 e. The van der Waals surface area contributed by atoms with Crippen molar-refractivity contribution in [2.75, 3.05) is 26.2 Å². The van der Waals surface area contributed by atoms with Crippen molar-refractivity contribution in [1.29, 1.82) is 0 Å². The SMILES string of the molecule is CCC(CCO)NC1(CN)CCN2CCCCC21. The quantitative estimate of drug-likeness (QED) is 0.653. The van der Waals surface area contributed by atoms with Crippen molar-refractivity contribution in [3.63, 3.8) is 0 Å². The Morgan fingerprint density at radius 3 is 2.94 bits per heavy atom. The number of rotatable bonds is 6. The molecule has 0 aromatic carbocycles. The van der Waals surface area contributed by atoms with Crippen LogP contribution in [0.15, 0.2) is 0 Å². The van der Waals surface area contributed by atoms with E-state index in [1.54, 1.807) is 0 Å². The molecule has 2 aliphatic heterocycles. The average molecular weight is 255 g/mol. The molecule has 0 amide bonds. The molecule has 4 heteroatoms. The van der Waals surface area contributed by atoms with Crippen LogP contribution >= 0.6 is 0 Å². The van der Waals surface area contributed by atoms with Gasteiger partial charge in [-0.2, -0.15) is 0 Å². The van der Waals surface area contributed by atoms with E-state index in [4.69, 9.17) is 10.8 Å². The topological polar surface area (TPSA) is 61.5 Å². The van der Waals surface area contributed by atoms with E-state index in [1.165, 1.54) is 32.4 Å². The molecule has 0 bridgehead atoms. The Hall–Kier alpha value is -0.160. The molecule has 4 nitrogen and oxygen atoms in total. The van der Waals surface area contributed by atoms with Gasteiger partial charge >= 0.3 is 0 Å². The minimum atomic E-state index is 0.0935. The van der Waals surface area contributed by atoms with Crippen molar-refractivity contribution >= 4 is 0 Å². The third kappa shape index (κ3) is 2.72. The highest BCUT2D eigenvalue weighted by Crippen LogP contribution is 2.35. The molecule has 0 saturated carbocycles. The molecule has 0 aliphatic carbocycles. The van der Waals surface area contributed by atoms with Crippen LogP contribution in [0.1, 0.15) is 45.4 Å². The summed E-state index contributed by atoms with van der Waals surface area (Å²) in [5.41, 5.74) is 6.22. The fraction of sp³-hybridized carbons (Fsp3) is 1.00. The van der Waals surface area contributed by atoms with Gasteiger partial charge in [-0.05, 0) is 38.6 Å². The van der Waals surface area contributed by atoms with Crippen molar-refractivity contribution in [1.82, 2.24) is 10.2 Å². The number of fused-ring (bicyclic) bond motifs is 1. The zero-order valence-electron chi connectivity index (χ0n) is 11.7. The Morgan fingerprint density at radius 1 is 1.44 bits per heavy atom. The zero-order chi connectivity index (χ0) is 13.0. The van der Waals surface area contributed by atoms with E-state index in [1.807, 2.05) is 0 Å². The number of piperidine rings is 1. The van der Waals surface area contributed by atoms with Gasteiger partial charge in [0.2, 0.25) is 0 Å². The number of nitrogens with zero attached hydrogens (tertiary/aromatic N) is 1. The summed E-state index contributed by atoms with van der Waals surface area (Å²) in [6.45, 7) is 5.59. The predicted molar refractivity (Wildman–Crippen MR) is 74.5 cm³/mol. The van der Waals surface area contributed by atoms with Crippen LogP contribution in [0.5, 0.6) is 0 Å². The highest BCUT2D eigenvalue weighted by molar-refractivity contribution is 5.08. The molecule has 2 rings (SSSR count). The molecule has 4 N–H and O–H groups in total. The van der Waals surface area contributed by atoms with E-state index in [2.05, 4.69) is 17.1 Å². The minimum absolute atomic E-state index is 0.0935. The lowest BCUT2D eigenvalue weighted by atomic mass is 9.84. The third-order valence-corrected chi connectivity index (χ3v) is 4.92. The fourth-order valence-electron chi connectivity index (χ4n) is 3.80. The van der Waals surface area contributed by atoms with E-state index in [0.29, 0.717) is 12.1 Å². The second-order valence-corrected chi connectivity index (χ2v) is 5.92. The van der Waals surface area contributed by atoms with Gasteiger partial charge in [0.05, 0.1) is 0 Å². The summed E-state index contributed by atoms with van der Waals surface area (Å²) in [5.74, 6) is 0. The van der Waals surface area contributed by atoms with E-state index in [-0.39, 0.29) is 12.1 Å². The van der Waals surface area contributed by atoms with Gasteiger partial charge in [-0.25, -0.2) is 0 Å². The van der Waals surface area contributed by atoms with Crippen LogP contribution in [0.25, 0.3) is 0 Å².